The van der Waals surface area contributed by atoms with Crippen LogP contribution in [-0.4, -0.2) is 9.78 Å². The Morgan fingerprint density at radius 1 is 1.42 bits per heavy atom. The van der Waals surface area contributed by atoms with Crippen LogP contribution in [0.3, 0.4) is 0 Å². The van der Waals surface area contributed by atoms with Crippen LogP contribution in [-0.2, 0) is 7.05 Å². The van der Waals surface area contributed by atoms with E-state index in [9.17, 15) is 0 Å². The molecule has 2 heterocycles. The van der Waals surface area contributed by atoms with Crippen molar-refractivity contribution in [2.24, 2.45) is 12.8 Å². The summed E-state index contributed by atoms with van der Waals surface area (Å²) in [6, 6.07) is 5.53. The molecular formula is C14H16ClN3O. The standard InChI is InChI=1S/C14H16ClN3O/c1-8-11(7-17-18(8)2)14-6-12(16)10-5-9(15)3-4-13(10)19-14/h3-5,7,12,14H,6,16H2,1-2H3/t12-,14?/m1/s1. The molecule has 5 heteroatoms. The van der Waals surface area contributed by atoms with Crippen LogP contribution in [0.15, 0.2) is 24.4 Å². The monoisotopic (exact) mass is 277 g/mol. The fourth-order valence-corrected chi connectivity index (χ4v) is 2.68. The maximum absolute atomic E-state index is 6.23. The molecule has 4 nitrogen and oxygen atoms in total. The van der Waals surface area contributed by atoms with Gasteiger partial charge in [0.1, 0.15) is 11.9 Å². The summed E-state index contributed by atoms with van der Waals surface area (Å²) in [5.41, 5.74) is 9.41. The van der Waals surface area contributed by atoms with Crippen molar-refractivity contribution in [3.05, 3.63) is 46.2 Å². The molecule has 2 atom stereocenters. The van der Waals surface area contributed by atoms with Crippen molar-refractivity contribution in [1.29, 1.82) is 0 Å². The molecule has 100 valence electrons. The average Bonchev–Trinajstić information content (AvgIpc) is 2.71. The summed E-state index contributed by atoms with van der Waals surface area (Å²) >= 11 is 6.00. The summed E-state index contributed by atoms with van der Waals surface area (Å²) < 4.78 is 7.89. The van der Waals surface area contributed by atoms with Gasteiger partial charge in [-0.2, -0.15) is 5.10 Å². The lowest BCUT2D eigenvalue weighted by molar-refractivity contribution is 0.161. The molecule has 1 aliphatic heterocycles. The third kappa shape index (κ3) is 2.11. The lowest BCUT2D eigenvalue weighted by Gasteiger charge is -2.30. The van der Waals surface area contributed by atoms with Crippen molar-refractivity contribution in [2.75, 3.05) is 0 Å². The van der Waals surface area contributed by atoms with Gasteiger partial charge in [0.05, 0.1) is 6.20 Å². The van der Waals surface area contributed by atoms with E-state index in [4.69, 9.17) is 22.1 Å². The summed E-state index contributed by atoms with van der Waals surface area (Å²) in [4.78, 5) is 0. The van der Waals surface area contributed by atoms with Crippen LogP contribution in [0.2, 0.25) is 5.02 Å². The number of aryl methyl sites for hydroxylation is 1. The Bertz CT molecular complexity index is 623. The van der Waals surface area contributed by atoms with Crippen molar-refractivity contribution in [3.63, 3.8) is 0 Å². The first-order chi connectivity index (χ1) is 9.06. The molecule has 0 saturated heterocycles. The molecule has 0 amide bonds. The second-order valence-electron chi connectivity index (χ2n) is 4.94. The largest absolute Gasteiger partial charge is 0.485 e. The number of halogens is 1. The van der Waals surface area contributed by atoms with Gasteiger partial charge in [-0.25, -0.2) is 0 Å². The Kier molecular flexibility index (Phi) is 2.99. The van der Waals surface area contributed by atoms with Crippen molar-refractivity contribution >= 4 is 11.6 Å². The fraction of sp³-hybridized carbons (Fsp3) is 0.357. The minimum atomic E-state index is -0.0629. The van der Waals surface area contributed by atoms with E-state index in [1.807, 2.05) is 43.0 Å². The van der Waals surface area contributed by atoms with Gasteiger partial charge < -0.3 is 10.5 Å². The van der Waals surface area contributed by atoms with E-state index in [2.05, 4.69) is 5.10 Å². The number of ether oxygens (including phenoxy) is 1. The predicted octanol–water partition coefficient (Wildman–Crippen LogP) is 2.91. The number of benzene rings is 1. The van der Waals surface area contributed by atoms with E-state index in [-0.39, 0.29) is 12.1 Å². The fourth-order valence-electron chi connectivity index (χ4n) is 2.50. The number of hydrogen-bond acceptors (Lipinski definition) is 3. The predicted molar refractivity (Wildman–Crippen MR) is 74.3 cm³/mol. The minimum absolute atomic E-state index is 0.0441. The van der Waals surface area contributed by atoms with Crippen molar-refractivity contribution < 1.29 is 4.74 Å². The van der Waals surface area contributed by atoms with Gasteiger partial charge in [-0.05, 0) is 25.1 Å². The zero-order chi connectivity index (χ0) is 13.6. The van der Waals surface area contributed by atoms with Crippen LogP contribution in [0.4, 0.5) is 0 Å². The van der Waals surface area contributed by atoms with Gasteiger partial charge in [0.2, 0.25) is 0 Å². The number of rotatable bonds is 1. The Balaban J connectivity index is 1.97. The summed E-state index contributed by atoms with van der Waals surface area (Å²) in [6.07, 6.45) is 2.55. The van der Waals surface area contributed by atoms with E-state index in [0.717, 1.165) is 29.0 Å². The van der Waals surface area contributed by atoms with Gasteiger partial charge in [0.25, 0.3) is 0 Å². The van der Waals surface area contributed by atoms with Crippen LogP contribution in [0.5, 0.6) is 5.75 Å². The summed E-state index contributed by atoms with van der Waals surface area (Å²) in [7, 11) is 1.93. The second kappa shape index (κ2) is 4.54. The normalized spacial score (nSPS) is 21.9. The third-order valence-corrected chi connectivity index (χ3v) is 3.96. The number of fused-ring (bicyclic) bond motifs is 1. The Morgan fingerprint density at radius 3 is 2.89 bits per heavy atom. The zero-order valence-corrected chi connectivity index (χ0v) is 11.7. The number of aromatic nitrogens is 2. The second-order valence-corrected chi connectivity index (χ2v) is 5.38. The van der Waals surface area contributed by atoms with Gasteiger partial charge in [-0.3, -0.25) is 4.68 Å². The molecule has 1 aliphatic rings. The molecule has 0 spiro atoms. The van der Waals surface area contributed by atoms with Crippen molar-refractivity contribution in [2.45, 2.75) is 25.5 Å². The van der Waals surface area contributed by atoms with Crippen LogP contribution in [0, 0.1) is 6.92 Å². The molecule has 2 aromatic rings. The maximum atomic E-state index is 6.23. The Morgan fingerprint density at radius 2 is 2.21 bits per heavy atom. The number of nitrogens with zero attached hydrogens (tertiary/aromatic N) is 2. The Labute approximate surface area is 117 Å². The third-order valence-electron chi connectivity index (χ3n) is 3.73. The summed E-state index contributed by atoms with van der Waals surface area (Å²) in [5.74, 6) is 0.816. The molecule has 1 unspecified atom stereocenters. The molecule has 19 heavy (non-hydrogen) atoms. The van der Waals surface area contributed by atoms with Gasteiger partial charge >= 0.3 is 0 Å². The SMILES string of the molecule is Cc1c(C2C[C@@H](N)c3cc(Cl)ccc3O2)cnn1C. The van der Waals surface area contributed by atoms with Gasteiger partial charge in [0, 0.05) is 41.4 Å². The first-order valence-electron chi connectivity index (χ1n) is 6.26. The minimum Gasteiger partial charge on any atom is -0.485 e. The first kappa shape index (κ1) is 12.5. The van der Waals surface area contributed by atoms with Crippen LogP contribution in [0.25, 0.3) is 0 Å². The molecule has 1 aromatic heterocycles. The highest BCUT2D eigenvalue weighted by Crippen LogP contribution is 2.41. The molecule has 2 N–H and O–H groups in total. The van der Waals surface area contributed by atoms with E-state index in [1.165, 1.54) is 0 Å². The van der Waals surface area contributed by atoms with Crippen molar-refractivity contribution in [1.82, 2.24) is 9.78 Å². The zero-order valence-electron chi connectivity index (χ0n) is 10.9. The lowest BCUT2D eigenvalue weighted by atomic mass is 9.94. The average molecular weight is 278 g/mol. The smallest absolute Gasteiger partial charge is 0.129 e. The highest BCUT2D eigenvalue weighted by Gasteiger charge is 2.29. The molecule has 3 rings (SSSR count). The quantitative estimate of drug-likeness (QED) is 0.872. The lowest BCUT2D eigenvalue weighted by Crippen LogP contribution is -2.24. The van der Waals surface area contributed by atoms with Crippen LogP contribution < -0.4 is 10.5 Å². The molecular weight excluding hydrogens is 262 g/mol. The summed E-state index contributed by atoms with van der Waals surface area (Å²) in [6.45, 7) is 2.04. The number of nitrogens with two attached hydrogens (primary N) is 1. The molecule has 0 fully saturated rings. The molecule has 0 aliphatic carbocycles. The molecule has 0 bridgehead atoms. The highest BCUT2D eigenvalue weighted by molar-refractivity contribution is 6.30. The van der Waals surface area contributed by atoms with Crippen LogP contribution in [0.1, 0.15) is 35.4 Å². The highest BCUT2D eigenvalue weighted by atomic mass is 35.5. The topological polar surface area (TPSA) is 53.1 Å². The van der Waals surface area contributed by atoms with Crippen LogP contribution >= 0.6 is 11.6 Å². The number of hydrogen-bond donors (Lipinski definition) is 1. The van der Waals surface area contributed by atoms with Gasteiger partial charge in [-0.15, -0.1) is 0 Å². The van der Waals surface area contributed by atoms with Gasteiger partial charge in [0.15, 0.2) is 0 Å². The van der Waals surface area contributed by atoms with E-state index in [1.54, 1.807) is 0 Å². The van der Waals surface area contributed by atoms with E-state index < -0.39 is 0 Å². The first-order valence-corrected chi connectivity index (χ1v) is 6.64. The molecule has 0 saturated carbocycles. The van der Waals surface area contributed by atoms with E-state index >= 15 is 0 Å². The Hall–Kier alpha value is -1.52. The van der Waals surface area contributed by atoms with E-state index in [0.29, 0.717) is 5.02 Å². The molecule has 1 aromatic carbocycles. The molecule has 0 radical (unpaired) electrons. The maximum Gasteiger partial charge on any atom is 0.129 e. The van der Waals surface area contributed by atoms with Crippen molar-refractivity contribution in [3.8, 4) is 5.75 Å². The van der Waals surface area contributed by atoms with Gasteiger partial charge in [-0.1, -0.05) is 11.6 Å². The summed E-state index contributed by atoms with van der Waals surface area (Å²) in [5, 5.41) is 4.95.